The molecule has 3 aromatic carbocycles. The number of fused-ring (bicyclic) bond motifs is 4. The summed E-state index contributed by atoms with van der Waals surface area (Å²) in [6, 6.07) is 13.5. The lowest BCUT2D eigenvalue weighted by Crippen LogP contribution is -2.61. The van der Waals surface area contributed by atoms with Crippen molar-refractivity contribution in [3.63, 3.8) is 0 Å². The minimum absolute atomic E-state index is 0.467. The second kappa shape index (κ2) is 6.15. The fourth-order valence-electron chi connectivity index (χ4n) is 4.75. The molecule has 0 aromatic heterocycles. The van der Waals surface area contributed by atoms with E-state index < -0.39 is 22.9 Å². The number of ether oxygens (including phenoxy) is 2. The molecule has 0 bridgehead atoms. The van der Waals surface area contributed by atoms with Gasteiger partial charge in [-0.15, -0.1) is 0 Å². The van der Waals surface area contributed by atoms with Crippen molar-refractivity contribution < 1.29 is 22.6 Å². The summed E-state index contributed by atoms with van der Waals surface area (Å²) in [5, 5.41) is 1.88. The fraction of sp³-hybridized carbons (Fsp3) is 0.292. The van der Waals surface area contributed by atoms with Gasteiger partial charge in [0.2, 0.25) is 5.72 Å². The Morgan fingerprint density at radius 1 is 1.06 bits per heavy atom. The molecule has 1 spiro atoms. The maximum absolute atomic E-state index is 13.4. The first kappa shape index (κ1) is 19.7. The highest BCUT2D eigenvalue weighted by atomic mass is 19.4. The number of halogens is 3. The van der Waals surface area contributed by atoms with Gasteiger partial charge in [-0.2, -0.15) is 13.2 Å². The second-order valence-electron chi connectivity index (χ2n) is 8.45. The van der Waals surface area contributed by atoms with E-state index in [-0.39, 0.29) is 0 Å². The average Bonchev–Trinajstić information content (AvgIpc) is 2.90. The smallest absolute Gasteiger partial charge is 0.416 e. The first-order valence-electron chi connectivity index (χ1n) is 9.90. The van der Waals surface area contributed by atoms with E-state index in [1.165, 1.54) is 12.1 Å². The molecule has 0 radical (unpaired) electrons. The van der Waals surface area contributed by atoms with Crippen molar-refractivity contribution in [2.45, 2.75) is 31.2 Å². The lowest BCUT2D eigenvalue weighted by Gasteiger charge is -2.45. The number of hydrogen-bond donors (Lipinski definition) is 0. The zero-order valence-electron chi connectivity index (χ0n) is 17.5. The first-order valence-corrected chi connectivity index (χ1v) is 9.90. The third kappa shape index (κ3) is 2.52. The molecule has 2 aliphatic heterocycles. The Bertz CT molecular complexity index is 1250. The molecule has 1 unspecified atom stereocenters. The number of likely N-dealkylation sites (N-methyl/N-ethyl adjacent to an activating group) is 1. The molecular formula is C24H21F3N2O2. The van der Waals surface area contributed by atoms with E-state index in [0.717, 1.165) is 22.4 Å². The van der Waals surface area contributed by atoms with Gasteiger partial charge in [-0.25, -0.2) is 0 Å². The molecule has 0 fully saturated rings. The standard InChI is InChI=1S/C24H21F3N2O2/c1-22(2)17-10-9-15(24(25,26)27)12-18(17)29(3)23(22)13-28-20-16-8-6-5-7-14(16)11-19(30-4)21(20)31-23/h5-13H,1-4H3. The van der Waals surface area contributed by atoms with Crippen LogP contribution in [0.4, 0.5) is 24.5 Å². The number of anilines is 1. The summed E-state index contributed by atoms with van der Waals surface area (Å²) in [5.74, 6) is 1.01. The van der Waals surface area contributed by atoms with Crippen LogP contribution in [0.15, 0.2) is 53.5 Å². The number of methoxy groups -OCH3 is 1. The summed E-state index contributed by atoms with van der Waals surface area (Å²) in [4.78, 5) is 6.51. The van der Waals surface area contributed by atoms with E-state index in [9.17, 15) is 13.2 Å². The Hall–Kier alpha value is -3.22. The quantitative estimate of drug-likeness (QED) is 0.473. The molecule has 0 N–H and O–H groups in total. The topological polar surface area (TPSA) is 34.1 Å². The van der Waals surface area contributed by atoms with Crippen LogP contribution >= 0.6 is 0 Å². The van der Waals surface area contributed by atoms with Gasteiger partial charge in [-0.1, -0.05) is 30.3 Å². The summed E-state index contributed by atoms with van der Waals surface area (Å²) in [7, 11) is 3.30. The van der Waals surface area contributed by atoms with Crippen LogP contribution in [-0.2, 0) is 11.6 Å². The molecule has 4 nitrogen and oxygen atoms in total. The summed E-state index contributed by atoms with van der Waals surface area (Å²) < 4.78 is 52.3. The Balaban J connectivity index is 1.71. The van der Waals surface area contributed by atoms with Gasteiger partial charge in [0.1, 0.15) is 5.69 Å². The van der Waals surface area contributed by atoms with E-state index in [1.54, 1.807) is 25.3 Å². The molecule has 7 heteroatoms. The highest BCUT2D eigenvalue weighted by Crippen LogP contribution is 2.56. The Morgan fingerprint density at radius 2 is 1.81 bits per heavy atom. The first-order chi connectivity index (χ1) is 14.6. The maximum atomic E-state index is 13.4. The van der Waals surface area contributed by atoms with Crippen molar-refractivity contribution in [1.82, 2.24) is 0 Å². The SMILES string of the molecule is COc1cc2ccccc2c2c1OC1(C=N2)N(C)c2cc(C(F)(F)F)ccc2C1(C)C. The van der Waals surface area contributed by atoms with Crippen LogP contribution in [0.25, 0.3) is 10.8 Å². The normalized spacial score (nSPS) is 21.2. The fourth-order valence-corrected chi connectivity index (χ4v) is 4.75. The van der Waals surface area contributed by atoms with E-state index >= 15 is 0 Å². The third-order valence-electron chi connectivity index (χ3n) is 6.54. The number of nitrogens with zero attached hydrogens (tertiary/aromatic N) is 2. The predicted molar refractivity (Wildman–Crippen MR) is 115 cm³/mol. The maximum Gasteiger partial charge on any atom is 0.416 e. The van der Waals surface area contributed by atoms with Gasteiger partial charge in [-0.3, -0.25) is 4.99 Å². The number of hydrogen-bond acceptors (Lipinski definition) is 4. The molecule has 31 heavy (non-hydrogen) atoms. The van der Waals surface area contributed by atoms with Crippen LogP contribution in [0.2, 0.25) is 0 Å². The number of aliphatic imine (C=N–C) groups is 1. The van der Waals surface area contributed by atoms with Crippen LogP contribution in [0.5, 0.6) is 11.5 Å². The van der Waals surface area contributed by atoms with Crippen LogP contribution in [0.1, 0.15) is 25.0 Å². The number of alkyl halides is 3. The molecule has 2 aliphatic rings. The predicted octanol–water partition coefficient (Wildman–Crippen LogP) is 6.09. The van der Waals surface area contributed by atoms with E-state index in [1.807, 2.05) is 44.2 Å². The molecule has 1 atom stereocenters. The molecule has 3 aromatic rings. The van der Waals surface area contributed by atoms with Crippen molar-refractivity contribution in [3.8, 4) is 11.5 Å². The summed E-state index contributed by atoms with van der Waals surface area (Å²) >= 11 is 0. The van der Waals surface area contributed by atoms with E-state index in [0.29, 0.717) is 22.9 Å². The van der Waals surface area contributed by atoms with Crippen LogP contribution in [-0.4, -0.2) is 26.1 Å². The summed E-state index contributed by atoms with van der Waals surface area (Å²) in [6.45, 7) is 3.90. The molecule has 0 aliphatic carbocycles. The van der Waals surface area contributed by atoms with Crippen LogP contribution < -0.4 is 14.4 Å². The average molecular weight is 426 g/mol. The molecule has 0 saturated heterocycles. The van der Waals surface area contributed by atoms with Gasteiger partial charge < -0.3 is 14.4 Å². The molecule has 5 rings (SSSR count). The van der Waals surface area contributed by atoms with Crippen molar-refractivity contribution in [2.75, 3.05) is 19.1 Å². The van der Waals surface area contributed by atoms with Gasteiger partial charge in [0, 0.05) is 18.1 Å². The van der Waals surface area contributed by atoms with Gasteiger partial charge in [0.15, 0.2) is 11.5 Å². The highest BCUT2D eigenvalue weighted by molar-refractivity contribution is 6.01. The molecule has 0 amide bonds. The Labute approximate surface area is 177 Å². The molecule has 160 valence electrons. The Morgan fingerprint density at radius 3 is 2.52 bits per heavy atom. The molecule has 0 saturated carbocycles. The lowest BCUT2D eigenvalue weighted by molar-refractivity contribution is -0.137. The number of benzene rings is 3. The zero-order valence-corrected chi connectivity index (χ0v) is 17.5. The van der Waals surface area contributed by atoms with Gasteiger partial charge in [0.05, 0.1) is 24.3 Å². The van der Waals surface area contributed by atoms with Crippen molar-refractivity contribution in [3.05, 3.63) is 59.7 Å². The second-order valence-corrected chi connectivity index (χ2v) is 8.45. The molecule has 2 heterocycles. The van der Waals surface area contributed by atoms with E-state index in [2.05, 4.69) is 0 Å². The minimum Gasteiger partial charge on any atom is -0.493 e. The summed E-state index contributed by atoms with van der Waals surface area (Å²) in [5.41, 5.74) is -0.604. The highest BCUT2D eigenvalue weighted by Gasteiger charge is 2.59. The van der Waals surface area contributed by atoms with Crippen LogP contribution in [0, 0.1) is 0 Å². The van der Waals surface area contributed by atoms with Crippen LogP contribution in [0.3, 0.4) is 0 Å². The number of rotatable bonds is 1. The van der Waals surface area contributed by atoms with Crippen molar-refractivity contribution >= 4 is 28.4 Å². The van der Waals surface area contributed by atoms with Gasteiger partial charge >= 0.3 is 6.18 Å². The monoisotopic (exact) mass is 426 g/mol. The zero-order chi connectivity index (χ0) is 22.2. The largest absolute Gasteiger partial charge is 0.493 e. The van der Waals surface area contributed by atoms with E-state index in [4.69, 9.17) is 14.5 Å². The van der Waals surface area contributed by atoms with Gasteiger partial charge in [0.25, 0.3) is 0 Å². The molecular weight excluding hydrogens is 405 g/mol. The lowest BCUT2D eigenvalue weighted by atomic mass is 9.77. The minimum atomic E-state index is -4.42. The third-order valence-corrected chi connectivity index (χ3v) is 6.54. The summed E-state index contributed by atoms with van der Waals surface area (Å²) in [6.07, 6.45) is -2.72. The van der Waals surface area contributed by atoms with Crippen molar-refractivity contribution in [2.24, 2.45) is 4.99 Å². The Kier molecular flexibility index (Phi) is 3.92. The van der Waals surface area contributed by atoms with Gasteiger partial charge in [-0.05, 0) is 43.0 Å². The van der Waals surface area contributed by atoms with Crippen molar-refractivity contribution in [1.29, 1.82) is 0 Å².